The van der Waals surface area contributed by atoms with E-state index in [2.05, 4.69) is 29.5 Å². The van der Waals surface area contributed by atoms with Crippen molar-refractivity contribution in [2.45, 2.75) is 52.0 Å². The highest BCUT2D eigenvalue weighted by atomic mass is 16.3. The summed E-state index contributed by atoms with van der Waals surface area (Å²) in [6.07, 6.45) is 5.97. The maximum atomic E-state index is 9.49. The molecule has 0 heterocycles. The highest BCUT2D eigenvalue weighted by Crippen LogP contribution is 2.23. The predicted molar refractivity (Wildman–Crippen MR) is 92.3 cm³/mol. The average Bonchev–Trinajstić information content (AvgIpc) is 2.47. The Morgan fingerprint density at radius 3 is 2.95 bits per heavy atom. The van der Waals surface area contributed by atoms with E-state index in [-0.39, 0.29) is 0 Å². The van der Waals surface area contributed by atoms with E-state index in [1.54, 1.807) is 12.1 Å². The van der Waals surface area contributed by atoms with Crippen LogP contribution in [-0.4, -0.2) is 30.2 Å². The Labute approximate surface area is 134 Å². The first-order chi connectivity index (χ1) is 10.7. The van der Waals surface area contributed by atoms with Gasteiger partial charge in [-0.1, -0.05) is 31.9 Å². The number of phenols is 1. The monoisotopic (exact) mass is 303 g/mol. The molecule has 2 unspecified atom stereocenters. The summed E-state index contributed by atoms with van der Waals surface area (Å²) in [4.78, 5) is 4.67. The molecule has 1 aliphatic rings. The van der Waals surface area contributed by atoms with Crippen LogP contribution in [0.3, 0.4) is 0 Å². The number of guanidine groups is 1. The lowest BCUT2D eigenvalue weighted by atomic mass is 9.87. The smallest absolute Gasteiger partial charge is 0.191 e. The van der Waals surface area contributed by atoms with Crippen LogP contribution in [0.2, 0.25) is 0 Å². The molecule has 0 aromatic heterocycles. The summed E-state index contributed by atoms with van der Waals surface area (Å²) in [5, 5.41) is 16.4. The molecular formula is C18H29N3O. The fourth-order valence-corrected chi connectivity index (χ4v) is 3.09. The Morgan fingerprint density at radius 2 is 2.23 bits per heavy atom. The largest absolute Gasteiger partial charge is 0.508 e. The van der Waals surface area contributed by atoms with Crippen LogP contribution in [0.5, 0.6) is 5.75 Å². The second-order valence-electron chi connectivity index (χ2n) is 6.29. The van der Waals surface area contributed by atoms with E-state index in [1.807, 2.05) is 12.1 Å². The van der Waals surface area contributed by atoms with Crippen LogP contribution in [0.1, 0.15) is 45.1 Å². The van der Waals surface area contributed by atoms with Gasteiger partial charge in [-0.05, 0) is 49.8 Å². The van der Waals surface area contributed by atoms with Gasteiger partial charge < -0.3 is 15.7 Å². The van der Waals surface area contributed by atoms with Crippen molar-refractivity contribution >= 4 is 5.96 Å². The number of aromatic hydroxyl groups is 1. The molecule has 1 aliphatic carbocycles. The van der Waals surface area contributed by atoms with Crippen LogP contribution < -0.4 is 10.6 Å². The Kier molecular flexibility index (Phi) is 6.56. The van der Waals surface area contributed by atoms with Crippen molar-refractivity contribution in [3.05, 3.63) is 29.8 Å². The zero-order valence-corrected chi connectivity index (χ0v) is 13.8. The Bertz CT molecular complexity index is 487. The summed E-state index contributed by atoms with van der Waals surface area (Å²) in [6.45, 7) is 6.02. The van der Waals surface area contributed by atoms with E-state index in [1.165, 1.54) is 25.7 Å². The number of hydrogen-bond acceptors (Lipinski definition) is 2. The molecule has 3 N–H and O–H groups in total. The van der Waals surface area contributed by atoms with E-state index in [0.29, 0.717) is 11.8 Å². The minimum absolute atomic E-state index is 0.322. The Hall–Kier alpha value is -1.71. The SMILES string of the molecule is CCNC(=NCCc1cccc(O)c1)NC1CCCC(C)C1. The van der Waals surface area contributed by atoms with Gasteiger partial charge in [-0.2, -0.15) is 0 Å². The lowest BCUT2D eigenvalue weighted by molar-refractivity contribution is 0.324. The van der Waals surface area contributed by atoms with Crippen LogP contribution in [0.25, 0.3) is 0 Å². The quantitative estimate of drug-likeness (QED) is 0.579. The third-order valence-corrected chi connectivity index (χ3v) is 4.20. The van der Waals surface area contributed by atoms with Crippen LogP contribution >= 0.6 is 0 Å². The molecular weight excluding hydrogens is 274 g/mol. The van der Waals surface area contributed by atoms with Crippen molar-refractivity contribution in [2.75, 3.05) is 13.1 Å². The van der Waals surface area contributed by atoms with Crippen molar-refractivity contribution in [3.63, 3.8) is 0 Å². The van der Waals surface area contributed by atoms with Gasteiger partial charge in [-0.15, -0.1) is 0 Å². The molecule has 0 amide bonds. The lowest BCUT2D eigenvalue weighted by Crippen LogP contribution is -2.45. The van der Waals surface area contributed by atoms with Gasteiger partial charge in [0.2, 0.25) is 0 Å². The summed E-state index contributed by atoms with van der Waals surface area (Å²) in [5.74, 6) is 2.05. The minimum Gasteiger partial charge on any atom is -0.508 e. The molecule has 2 rings (SSSR count). The molecule has 1 saturated carbocycles. The maximum absolute atomic E-state index is 9.49. The van der Waals surface area contributed by atoms with Crippen LogP contribution in [0, 0.1) is 5.92 Å². The van der Waals surface area contributed by atoms with Gasteiger partial charge in [0.15, 0.2) is 5.96 Å². The highest BCUT2D eigenvalue weighted by molar-refractivity contribution is 5.80. The molecule has 1 aromatic carbocycles. The highest BCUT2D eigenvalue weighted by Gasteiger charge is 2.19. The lowest BCUT2D eigenvalue weighted by Gasteiger charge is -2.28. The molecule has 0 saturated heterocycles. The molecule has 122 valence electrons. The molecule has 1 aromatic rings. The number of hydrogen-bond donors (Lipinski definition) is 3. The average molecular weight is 303 g/mol. The zero-order valence-electron chi connectivity index (χ0n) is 13.8. The van der Waals surface area contributed by atoms with Gasteiger partial charge in [0.25, 0.3) is 0 Å². The van der Waals surface area contributed by atoms with Crippen LogP contribution in [0.15, 0.2) is 29.3 Å². The summed E-state index contributed by atoms with van der Waals surface area (Å²) in [7, 11) is 0. The van der Waals surface area contributed by atoms with E-state index in [0.717, 1.165) is 37.0 Å². The topological polar surface area (TPSA) is 56.7 Å². The van der Waals surface area contributed by atoms with Crippen molar-refractivity contribution in [1.82, 2.24) is 10.6 Å². The normalized spacial score (nSPS) is 22.4. The summed E-state index contributed by atoms with van der Waals surface area (Å²) in [6, 6.07) is 7.95. The Balaban J connectivity index is 1.86. The molecule has 4 nitrogen and oxygen atoms in total. The molecule has 0 aliphatic heterocycles. The third-order valence-electron chi connectivity index (χ3n) is 4.20. The summed E-state index contributed by atoms with van der Waals surface area (Å²) in [5.41, 5.74) is 1.12. The van der Waals surface area contributed by atoms with Gasteiger partial charge in [0, 0.05) is 19.1 Å². The number of nitrogens with one attached hydrogen (secondary N) is 2. The number of benzene rings is 1. The number of phenolic OH excluding ortho intramolecular Hbond substituents is 1. The number of rotatable bonds is 5. The predicted octanol–water partition coefficient (Wildman–Crippen LogP) is 3.07. The standard InChI is InChI=1S/C18H29N3O/c1-3-19-18(21-16-8-4-6-14(2)12-16)20-11-10-15-7-5-9-17(22)13-15/h5,7,9,13-14,16,22H,3-4,6,8,10-12H2,1-2H3,(H2,19,20,21). The van der Waals surface area contributed by atoms with Gasteiger partial charge in [-0.3, -0.25) is 4.99 Å². The molecule has 22 heavy (non-hydrogen) atoms. The van der Waals surface area contributed by atoms with E-state index in [4.69, 9.17) is 0 Å². The number of nitrogens with zero attached hydrogens (tertiary/aromatic N) is 1. The van der Waals surface area contributed by atoms with E-state index < -0.39 is 0 Å². The second kappa shape index (κ2) is 8.66. The van der Waals surface area contributed by atoms with Gasteiger partial charge in [0.1, 0.15) is 5.75 Å². The molecule has 2 atom stereocenters. The van der Waals surface area contributed by atoms with Crippen molar-refractivity contribution in [2.24, 2.45) is 10.9 Å². The third kappa shape index (κ3) is 5.58. The number of aliphatic imine (C=N–C) groups is 1. The summed E-state index contributed by atoms with van der Waals surface area (Å²) < 4.78 is 0. The first-order valence-corrected chi connectivity index (χ1v) is 8.50. The molecule has 1 fully saturated rings. The second-order valence-corrected chi connectivity index (χ2v) is 6.29. The summed E-state index contributed by atoms with van der Waals surface area (Å²) >= 11 is 0. The molecule has 0 spiro atoms. The first kappa shape index (κ1) is 16.7. The maximum Gasteiger partial charge on any atom is 0.191 e. The first-order valence-electron chi connectivity index (χ1n) is 8.50. The molecule has 4 heteroatoms. The van der Waals surface area contributed by atoms with Crippen molar-refractivity contribution in [1.29, 1.82) is 0 Å². The van der Waals surface area contributed by atoms with Gasteiger partial charge >= 0.3 is 0 Å². The van der Waals surface area contributed by atoms with Crippen LogP contribution in [0.4, 0.5) is 0 Å². The van der Waals surface area contributed by atoms with Crippen molar-refractivity contribution in [3.8, 4) is 5.75 Å². The molecule has 0 bridgehead atoms. The van der Waals surface area contributed by atoms with Crippen LogP contribution in [-0.2, 0) is 6.42 Å². The Morgan fingerprint density at radius 1 is 1.36 bits per heavy atom. The fourth-order valence-electron chi connectivity index (χ4n) is 3.09. The van der Waals surface area contributed by atoms with Gasteiger partial charge in [-0.25, -0.2) is 0 Å². The zero-order chi connectivity index (χ0) is 15.8. The fraction of sp³-hybridized carbons (Fsp3) is 0.611. The van der Waals surface area contributed by atoms with Crippen molar-refractivity contribution < 1.29 is 5.11 Å². The van der Waals surface area contributed by atoms with Gasteiger partial charge in [0.05, 0.1) is 0 Å². The van der Waals surface area contributed by atoms with E-state index in [9.17, 15) is 5.11 Å². The minimum atomic E-state index is 0.322. The molecule has 0 radical (unpaired) electrons. The van der Waals surface area contributed by atoms with E-state index >= 15 is 0 Å².